The van der Waals surface area contributed by atoms with E-state index in [0.717, 1.165) is 6.42 Å². The molecule has 2 unspecified atom stereocenters. The molecule has 1 heterocycles. The zero-order chi connectivity index (χ0) is 13.1. The summed E-state index contributed by atoms with van der Waals surface area (Å²) in [5.41, 5.74) is 6.64. The molecule has 5 heteroatoms. The van der Waals surface area contributed by atoms with Crippen LogP contribution in [-0.4, -0.2) is 31.8 Å². The van der Waals surface area contributed by atoms with Gasteiger partial charge in [0.25, 0.3) is 5.91 Å². The maximum atomic E-state index is 12.2. The zero-order valence-corrected chi connectivity index (χ0v) is 10.6. The van der Waals surface area contributed by atoms with E-state index in [0.29, 0.717) is 23.6 Å². The van der Waals surface area contributed by atoms with E-state index in [4.69, 9.17) is 15.2 Å². The van der Waals surface area contributed by atoms with Crippen LogP contribution in [0, 0.1) is 0 Å². The maximum Gasteiger partial charge on any atom is 0.257 e. The Kier molecular flexibility index (Phi) is 3.72. The minimum atomic E-state index is -0.215. The van der Waals surface area contributed by atoms with Crippen molar-refractivity contribution in [2.24, 2.45) is 0 Å². The van der Waals surface area contributed by atoms with Crippen LogP contribution in [0.3, 0.4) is 0 Å². The lowest BCUT2D eigenvalue weighted by molar-refractivity contribution is 0.0864. The average Bonchev–Trinajstić information content (AvgIpc) is 2.74. The highest BCUT2D eigenvalue weighted by Crippen LogP contribution is 2.24. The Hall–Kier alpha value is -1.75. The Labute approximate surface area is 106 Å². The van der Waals surface area contributed by atoms with Gasteiger partial charge in [0.15, 0.2) is 0 Å². The van der Waals surface area contributed by atoms with Gasteiger partial charge in [0.1, 0.15) is 11.3 Å². The number of benzene rings is 1. The van der Waals surface area contributed by atoms with Crippen LogP contribution in [0.1, 0.15) is 23.7 Å². The number of rotatable bonds is 3. The molecule has 3 N–H and O–H groups in total. The van der Waals surface area contributed by atoms with Gasteiger partial charge in [-0.15, -0.1) is 0 Å². The highest BCUT2D eigenvalue weighted by Gasteiger charge is 2.27. The van der Waals surface area contributed by atoms with Gasteiger partial charge >= 0.3 is 0 Å². The number of carbonyl (C=O) groups excluding carboxylic acids is 1. The standard InChI is InChI=1S/C13H18N2O3/c1-8-10(6-7-18-8)15-13(16)12-9(14)4-3-5-11(12)17-2/h3-5,8,10H,6-7,14H2,1-2H3,(H,15,16). The molecule has 1 aromatic carbocycles. The Balaban J connectivity index is 2.18. The first kappa shape index (κ1) is 12.7. The fourth-order valence-corrected chi connectivity index (χ4v) is 2.12. The summed E-state index contributed by atoms with van der Waals surface area (Å²) in [4.78, 5) is 12.2. The van der Waals surface area contributed by atoms with Gasteiger partial charge in [0.05, 0.1) is 19.3 Å². The molecule has 0 aromatic heterocycles. The van der Waals surface area contributed by atoms with Gasteiger partial charge in [0, 0.05) is 12.3 Å². The molecule has 1 aliphatic heterocycles. The van der Waals surface area contributed by atoms with Gasteiger partial charge in [-0.3, -0.25) is 4.79 Å². The van der Waals surface area contributed by atoms with Crippen molar-refractivity contribution in [2.45, 2.75) is 25.5 Å². The fraction of sp³-hybridized carbons (Fsp3) is 0.462. The molecule has 1 aliphatic rings. The smallest absolute Gasteiger partial charge is 0.257 e. The highest BCUT2D eigenvalue weighted by molar-refractivity contribution is 6.02. The second-order valence-corrected chi connectivity index (χ2v) is 4.37. The number of nitrogens with two attached hydrogens (primary N) is 1. The molecule has 2 rings (SSSR count). The molecule has 0 bridgehead atoms. The number of carbonyl (C=O) groups is 1. The molecular formula is C13H18N2O3. The number of ether oxygens (including phenoxy) is 2. The quantitative estimate of drug-likeness (QED) is 0.790. The molecule has 0 saturated carbocycles. The number of nitrogens with one attached hydrogen (secondary N) is 1. The summed E-state index contributed by atoms with van der Waals surface area (Å²) in [5.74, 6) is 0.270. The van der Waals surface area contributed by atoms with Gasteiger partial charge in [-0.05, 0) is 25.5 Å². The van der Waals surface area contributed by atoms with Crippen LogP contribution >= 0.6 is 0 Å². The SMILES string of the molecule is COc1cccc(N)c1C(=O)NC1CCOC1C. The minimum absolute atomic E-state index is 0.0295. The first-order chi connectivity index (χ1) is 8.63. The Morgan fingerprint density at radius 1 is 1.56 bits per heavy atom. The monoisotopic (exact) mass is 250 g/mol. The van der Waals surface area contributed by atoms with E-state index in [9.17, 15) is 4.79 Å². The van der Waals surface area contributed by atoms with Crippen molar-refractivity contribution in [3.05, 3.63) is 23.8 Å². The summed E-state index contributed by atoms with van der Waals surface area (Å²) in [7, 11) is 1.52. The van der Waals surface area contributed by atoms with Crippen LogP contribution in [0.4, 0.5) is 5.69 Å². The maximum absolute atomic E-state index is 12.2. The van der Waals surface area contributed by atoms with Gasteiger partial charge in [-0.1, -0.05) is 6.07 Å². The number of amides is 1. The zero-order valence-electron chi connectivity index (χ0n) is 10.6. The van der Waals surface area contributed by atoms with Crippen molar-refractivity contribution in [3.8, 4) is 5.75 Å². The largest absolute Gasteiger partial charge is 0.496 e. The molecule has 2 atom stereocenters. The van der Waals surface area contributed by atoms with Crippen LogP contribution in [-0.2, 0) is 4.74 Å². The van der Waals surface area contributed by atoms with E-state index >= 15 is 0 Å². The van der Waals surface area contributed by atoms with E-state index in [-0.39, 0.29) is 18.1 Å². The fourth-order valence-electron chi connectivity index (χ4n) is 2.12. The van der Waals surface area contributed by atoms with Crippen molar-refractivity contribution in [1.82, 2.24) is 5.32 Å². The number of anilines is 1. The minimum Gasteiger partial charge on any atom is -0.496 e. The number of hydrogen-bond acceptors (Lipinski definition) is 4. The number of methoxy groups -OCH3 is 1. The highest BCUT2D eigenvalue weighted by atomic mass is 16.5. The van der Waals surface area contributed by atoms with Gasteiger partial charge in [-0.25, -0.2) is 0 Å². The summed E-state index contributed by atoms with van der Waals surface area (Å²) in [5, 5.41) is 2.94. The van der Waals surface area contributed by atoms with E-state index in [1.165, 1.54) is 7.11 Å². The molecule has 98 valence electrons. The molecule has 18 heavy (non-hydrogen) atoms. The Bertz CT molecular complexity index is 448. The van der Waals surface area contributed by atoms with E-state index in [1.807, 2.05) is 6.92 Å². The van der Waals surface area contributed by atoms with Gasteiger partial charge < -0.3 is 20.5 Å². The predicted molar refractivity (Wildman–Crippen MR) is 68.7 cm³/mol. The second kappa shape index (κ2) is 5.27. The molecule has 0 radical (unpaired) electrons. The molecule has 0 spiro atoms. The summed E-state index contributed by atoms with van der Waals surface area (Å²) in [6, 6.07) is 5.19. The second-order valence-electron chi connectivity index (χ2n) is 4.37. The third-order valence-electron chi connectivity index (χ3n) is 3.20. The summed E-state index contributed by atoms with van der Waals surface area (Å²) >= 11 is 0. The van der Waals surface area contributed by atoms with E-state index in [1.54, 1.807) is 18.2 Å². The summed E-state index contributed by atoms with van der Waals surface area (Å²) in [6.07, 6.45) is 0.854. The third kappa shape index (κ3) is 2.41. The third-order valence-corrected chi connectivity index (χ3v) is 3.20. The summed E-state index contributed by atoms with van der Waals surface area (Å²) < 4.78 is 10.6. The van der Waals surface area contributed by atoms with Crippen LogP contribution in [0.2, 0.25) is 0 Å². The first-order valence-electron chi connectivity index (χ1n) is 5.98. The molecule has 1 saturated heterocycles. The predicted octanol–water partition coefficient (Wildman–Crippen LogP) is 1.18. The molecular weight excluding hydrogens is 232 g/mol. The molecule has 5 nitrogen and oxygen atoms in total. The van der Waals surface area contributed by atoms with Gasteiger partial charge in [-0.2, -0.15) is 0 Å². The van der Waals surface area contributed by atoms with Gasteiger partial charge in [0.2, 0.25) is 0 Å². The molecule has 0 aliphatic carbocycles. The van der Waals surface area contributed by atoms with Crippen LogP contribution in [0.5, 0.6) is 5.75 Å². The van der Waals surface area contributed by atoms with Crippen molar-refractivity contribution in [1.29, 1.82) is 0 Å². The van der Waals surface area contributed by atoms with E-state index < -0.39 is 0 Å². The van der Waals surface area contributed by atoms with Crippen LogP contribution in [0.15, 0.2) is 18.2 Å². The molecule has 1 amide bonds. The lowest BCUT2D eigenvalue weighted by Crippen LogP contribution is -2.39. The number of nitrogen functional groups attached to an aromatic ring is 1. The Morgan fingerprint density at radius 3 is 2.94 bits per heavy atom. The first-order valence-corrected chi connectivity index (χ1v) is 5.98. The Morgan fingerprint density at radius 2 is 2.33 bits per heavy atom. The van der Waals surface area contributed by atoms with Crippen molar-refractivity contribution >= 4 is 11.6 Å². The topological polar surface area (TPSA) is 73.6 Å². The molecule has 1 aromatic rings. The lowest BCUT2D eigenvalue weighted by atomic mass is 10.1. The van der Waals surface area contributed by atoms with Crippen LogP contribution < -0.4 is 15.8 Å². The summed E-state index contributed by atoms with van der Waals surface area (Å²) in [6.45, 7) is 2.62. The van der Waals surface area contributed by atoms with Crippen LogP contribution in [0.25, 0.3) is 0 Å². The van der Waals surface area contributed by atoms with E-state index in [2.05, 4.69) is 5.32 Å². The van der Waals surface area contributed by atoms with Crippen molar-refractivity contribution in [2.75, 3.05) is 19.5 Å². The number of hydrogen-bond donors (Lipinski definition) is 2. The average molecular weight is 250 g/mol. The van der Waals surface area contributed by atoms with Crippen molar-refractivity contribution < 1.29 is 14.3 Å². The molecule has 1 fully saturated rings. The normalized spacial score (nSPS) is 22.8. The lowest BCUT2D eigenvalue weighted by Gasteiger charge is -2.18. The van der Waals surface area contributed by atoms with Crippen molar-refractivity contribution in [3.63, 3.8) is 0 Å².